The molecule has 31 heavy (non-hydrogen) atoms. The average Bonchev–Trinajstić information content (AvgIpc) is 2.73. The molecule has 1 unspecified atom stereocenters. The quantitative estimate of drug-likeness (QED) is 0.171. The SMILES string of the molecule is CS(=O)CCONCc1cc(C(=O)NOCCO)c(NC2=C(F)C=IC=C2)c(F)c1F. The Labute approximate surface area is 189 Å². The van der Waals surface area contributed by atoms with Crippen LogP contribution in [0.15, 0.2) is 27.7 Å². The van der Waals surface area contributed by atoms with Crippen LogP contribution in [0.3, 0.4) is 0 Å². The molecule has 0 aromatic heterocycles. The van der Waals surface area contributed by atoms with Gasteiger partial charge in [0.25, 0.3) is 5.91 Å². The Morgan fingerprint density at radius 3 is 2.68 bits per heavy atom. The Kier molecular flexibility index (Phi) is 10.8. The van der Waals surface area contributed by atoms with Gasteiger partial charge in [-0.15, -0.1) is 0 Å². The summed E-state index contributed by atoms with van der Waals surface area (Å²) < 4.78 is 57.6. The van der Waals surface area contributed by atoms with E-state index in [2.05, 4.69) is 10.8 Å². The van der Waals surface area contributed by atoms with Crippen LogP contribution in [0, 0.1) is 11.6 Å². The average molecular weight is 575 g/mol. The number of hydrogen-bond donors (Lipinski definition) is 4. The van der Waals surface area contributed by atoms with Crippen LogP contribution < -0.4 is 16.3 Å². The Morgan fingerprint density at radius 1 is 1.23 bits per heavy atom. The maximum Gasteiger partial charge on any atom is 0.277 e. The molecule has 0 spiro atoms. The van der Waals surface area contributed by atoms with Gasteiger partial charge in [-0.2, -0.15) is 5.48 Å². The third kappa shape index (κ3) is 7.76. The minimum Gasteiger partial charge on any atom is -0.394 e. The van der Waals surface area contributed by atoms with Crippen molar-refractivity contribution < 1.29 is 37.0 Å². The molecule has 1 aromatic carbocycles. The molecule has 8 nitrogen and oxygen atoms in total. The Balaban J connectivity index is 2.30. The second-order valence-corrected chi connectivity index (χ2v) is 9.57. The van der Waals surface area contributed by atoms with E-state index in [1.165, 1.54) is 16.3 Å². The molecule has 172 valence electrons. The Morgan fingerprint density at radius 2 is 2.00 bits per heavy atom. The molecular formula is C18H21F3IN3O5S. The summed E-state index contributed by atoms with van der Waals surface area (Å²) in [5.74, 6) is -3.98. The molecule has 1 aliphatic heterocycles. The lowest BCUT2D eigenvalue weighted by Gasteiger charge is -2.17. The van der Waals surface area contributed by atoms with E-state index in [1.54, 1.807) is 4.08 Å². The lowest BCUT2D eigenvalue weighted by molar-refractivity contribution is 0.0168. The van der Waals surface area contributed by atoms with Crippen LogP contribution in [-0.4, -0.2) is 51.1 Å². The van der Waals surface area contributed by atoms with E-state index in [1.807, 2.05) is 5.48 Å². The van der Waals surface area contributed by atoms with E-state index in [4.69, 9.17) is 14.8 Å². The van der Waals surface area contributed by atoms with Crippen LogP contribution in [0.1, 0.15) is 15.9 Å². The highest BCUT2D eigenvalue weighted by Crippen LogP contribution is 2.29. The number of aliphatic hydroxyl groups is 1. The summed E-state index contributed by atoms with van der Waals surface area (Å²) in [5, 5.41) is 11.2. The van der Waals surface area contributed by atoms with Crippen LogP contribution >= 0.6 is 20.7 Å². The third-order valence-corrected chi connectivity index (χ3v) is 6.12. The maximum absolute atomic E-state index is 14.9. The monoisotopic (exact) mass is 575 g/mol. The topological polar surface area (TPSA) is 109 Å². The third-order valence-electron chi connectivity index (χ3n) is 3.70. The summed E-state index contributed by atoms with van der Waals surface area (Å²) in [4.78, 5) is 22.2. The number of benzene rings is 1. The number of amides is 1. The van der Waals surface area contributed by atoms with Crippen LogP contribution in [-0.2, 0) is 27.0 Å². The number of carbonyl (C=O) groups is 1. The molecule has 4 N–H and O–H groups in total. The number of hydrogen-bond acceptors (Lipinski definition) is 7. The van der Waals surface area contributed by atoms with Crippen molar-refractivity contribution in [3.8, 4) is 0 Å². The predicted molar refractivity (Wildman–Crippen MR) is 120 cm³/mol. The fourth-order valence-electron chi connectivity index (χ4n) is 2.25. The van der Waals surface area contributed by atoms with Crippen molar-refractivity contribution in [3.63, 3.8) is 0 Å². The van der Waals surface area contributed by atoms with Crippen molar-refractivity contribution in [2.75, 3.05) is 37.1 Å². The van der Waals surface area contributed by atoms with Gasteiger partial charge in [-0.1, -0.05) is 20.7 Å². The second-order valence-electron chi connectivity index (χ2n) is 5.95. The Hall–Kier alpha value is -1.65. The summed E-state index contributed by atoms with van der Waals surface area (Å²) in [6, 6.07) is 1.06. The molecule has 1 heterocycles. The molecule has 1 aromatic rings. The molecule has 0 saturated heterocycles. The summed E-state index contributed by atoms with van der Waals surface area (Å²) in [7, 11) is -1.08. The number of hydroxylamine groups is 2. The first-order valence-corrected chi connectivity index (χ1v) is 13.0. The van der Waals surface area contributed by atoms with Crippen molar-refractivity contribution in [1.29, 1.82) is 0 Å². The first-order valence-electron chi connectivity index (χ1n) is 8.82. The van der Waals surface area contributed by atoms with E-state index >= 15 is 0 Å². The van der Waals surface area contributed by atoms with Gasteiger partial charge in [0.2, 0.25) is 0 Å². The van der Waals surface area contributed by atoms with Gasteiger partial charge in [-0.05, 0) is 16.2 Å². The number of nitrogens with one attached hydrogen (secondary N) is 3. The molecular weight excluding hydrogens is 554 g/mol. The molecule has 1 aliphatic rings. The van der Waals surface area contributed by atoms with Crippen LogP contribution in [0.4, 0.5) is 18.9 Å². The largest absolute Gasteiger partial charge is 0.394 e. The zero-order valence-electron chi connectivity index (χ0n) is 16.3. The number of allylic oxidation sites excluding steroid dienone is 2. The smallest absolute Gasteiger partial charge is 0.277 e. The standard InChI is InChI=1S/C18H21F3IN3O5S/c1-31(28)7-6-29-23-10-11-8-12(18(27)25-30-5-4-26)17(16(21)15(11)20)24-14-2-3-22-9-13(14)19/h2-3,8-9,23-24,26H,4-7,10H2,1H3,(H,25,27). The maximum atomic E-state index is 14.9. The van der Waals surface area contributed by atoms with Crippen molar-refractivity contribution in [3.05, 3.63) is 50.5 Å². The minimum absolute atomic E-state index is 0.0775. The van der Waals surface area contributed by atoms with Gasteiger partial charge < -0.3 is 15.3 Å². The van der Waals surface area contributed by atoms with Crippen molar-refractivity contribution >= 4 is 47.1 Å². The fourth-order valence-corrected chi connectivity index (χ4v) is 4.00. The number of rotatable bonds is 12. The highest BCUT2D eigenvalue weighted by Gasteiger charge is 2.24. The van der Waals surface area contributed by atoms with E-state index in [9.17, 15) is 22.2 Å². The van der Waals surface area contributed by atoms with Crippen LogP contribution in [0.2, 0.25) is 0 Å². The van der Waals surface area contributed by atoms with Crippen LogP contribution in [0.5, 0.6) is 0 Å². The lowest BCUT2D eigenvalue weighted by atomic mass is 10.1. The second kappa shape index (κ2) is 13.0. The van der Waals surface area contributed by atoms with Gasteiger partial charge in [-0.3, -0.25) is 13.8 Å². The highest BCUT2D eigenvalue weighted by atomic mass is 127. The Bertz CT molecular complexity index is 927. The molecule has 2 rings (SSSR count). The fraction of sp³-hybridized carbons (Fsp3) is 0.333. The molecule has 0 bridgehead atoms. The number of halogens is 4. The summed E-state index contributed by atoms with van der Waals surface area (Å²) >= 11 is -0.605. The summed E-state index contributed by atoms with van der Waals surface area (Å²) in [5.41, 5.74) is 3.15. The van der Waals surface area contributed by atoms with E-state index < -0.39 is 60.6 Å². The van der Waals surface area contributed by atoms with Gasteiger partial charge in [0.15, 0.2) is 17.5 Å². The minimum atomic E-state index is -1.39. The molecule has 1 atom stereocenters. The molecule has 0 aliphatic carbocycles. The van der Waals surface area contributed by atoms with Crippen molar-refractivity contribution in [1.82, 2.24) is 11.0 Å². The zero-order chi connectivity index (χ0) is 22.8. The van der Waals surface area contributed by atoms with Crippen LogP contribution in [0.25, 0.3) is 0 Å². The molecule has 1 amide bonds. The number of aliphatic hydroxyl groups excluding tert-OH is 1. The first-order chi connectivity index (χ1) is 14.8. The highest BCUT2D eigenvalue weighted by molar-refractivity contribution is 14.2. The van der Waals surface area contributed by atoms with Crippen molar-refractivity contribution in [2.24, 2.45) is 0 Å². The normalized spacial score (nSPS) is 14.4. The van der Waals surface area contributed by atoms with Gasteiger partial charge in [-0.25, -0.2) is 18.7 Å². The lowest BCUT2D eigenvalue weighted by Crippen LogP contribution is -2.27. The first kappa shape index (κ1) is 25.6. The number of carbonyl (C=O) groups excluding carboxylic acids is 1. The van der Waals surface area contributed by atoms with Crippen molar-refractivity contribution in [2.45, 2.75) is 6.54 Å². The van der Waals surface area contributed by atoms with Gasteiger partial charge in [0, 0.05) is 38.9 Å². The summed E-state index contributed by atoms with van der Waals surface area (Å²) in [6.45, 7) is -0.819. The summed E-state index contributed by atoms with van der Waals surface area (Å²) in [6.07, 6.45) is 2.89. The van der Waals surface area contributed by atoms with Gasteiger partial charge in [0.1, 0.15) is 0 Å². The zero-order valence-corrected chi connectivity index (χ0v) is 19.3. The van der Waals surface area contributed by atoms with Gasteiger partial charge in [0.05, 0.1) is 36.8 Å². The van der Waals surface area contributed by atoms with E-state index in [-0.39, 0.29) is 48.9 Å². The molecule has 0 radical (unpaired) electrons. The predicted octanol–water partition coefficient (Wildman–Crippen LogP) is 1.91. The van der Waals surface area contributed by atoms with E-state index in [0.717, 1.165) is 6.07 Å². The molecule has 0 fully saturated rings. The number of anilines is 1. The van der Waals surface area contributed by atoms with Gasteiger partial charge >= 0.3 is 0 Å². The van der Waals surface area contributed by atoms with E-state index in [0.29, 0.717) is 0 Å². The molecule has 0 saturated carbocycles. The molecule has 13 heteroatoms.